The Balaban J connectivity index is 2.48. The third-order valence-corrected chi connectivity index (χ3v) is 2.89. The maximum Gasteiger partial charge on any atom is 0.0320 e. The van der Waals surface area contributed by atoms with E-state index < -0.39 is 0 Å². The lowest BCUT2D eigenvalue weighted by atomic mass is 10.0. The molecule has 1 atom stereocenters. The first-order chi connectivity index (χ1) is 7.74. The fourth-order valence-corrected chi connectivity index (χ4v) is 1.91. The average Bonchev–Trinajstić information content (AvgIpc) is 2.29. The van der Waals surface area contributed by atoms with Crippen LogP contribution in [0.3, 0.4) is 0 Å². The Kier molecular flexibility index (Phi) is 6.17. The van der Waals surface area contributed by atoms with Crippen molar-refractivity contribution >= 4 is 0 Å². The Morgan fingerprint density at radius 1 is 1.06 bits per heavy atom. The molecule has 0 fully saturated rings. The smallest absolute Gasteiger partial charge is 0.0320 e. The molecule has 0 radical (unpaired) electrons. The van der Waals surface area contributed by atoms with Crippen LogP contribution in [0.1, 0.15) is 51.6 Å². The topological polar surface area (TPSA) is 12.0 Å². The number of hydrogen-bond acceptors (Lipinski definition) is 1. The lowest BCUT2D eigenvalue weighted by Gasteiger charge is -2.19. The van der Waals surface area contributed by atoms with Crippen LogP contribution in [0.5, 0.6) is 0 Å². The van der Waals surface area contributed by atoms with Crippen LogP contribution in [0.4, 0.5) is 0 Å². The Bertz CT molecular complexity index is 266. The molecule has 1 aromatic carbocycles. The molecule has 0 spiro atoms. The maximum atomic E-state index is 3.67. The molecule has 0 aliphatic heterocycles. The van der Waals surface area contributed by atoms with Gasteiger partial charge >= 0.3 is 0 Å². The van der Waals surface area contributed by atoms with E-state index in [-0.39, 0.29) is 0 Å². The summed E-state index contributed by atoms with van der Waals surface area (Å²) in [7, 11) is 0. The van der Waals surface area contributed by atoms with Gasteiger partial charge in [0.2, 0.25) is 0 Å². The second-order valence-electron chi connectivity index (χ2n) is 4.89. The third kappa shape index (κ3) is 4.80. The lowest BCUT2D eigenvalue weighted by Crippen LogP contribution is -2.23. The summed E-state index contributed by atoms with van der Waals surface area (Å²) in [5.41, 5.74) is 1.42. The summed E-state index contributed by atoms with van der Waals surface area (Å²) < 4.78 is 0. The van der Waals surface area contributed by atoms with E-state index in [0.29, 0.717) is 6.04 Å². The SMILES string of the molecule is CCCC(NCCC(C)C)c1ccccc1. The van der Waals surface area contributed by atoms with Crippen LogP contribution < -0.4 is 5.32 Å². The van der Waals surface area contributed by atoms with E-state index in [1.54, 1.807) is 0 Å². The molecule has 0 amide bonds. The molecule has 0 aliphatic carbocycles. The van der Waals surface area contributed by atoms with E-state index >= 15 is 0 Å². The van der Waals surface area contributed by atoms with Gasteiger partial charge < -0.3 is 5.32 Å². The zero-order valence-electron chi connectivity index (χ0n) is 10.9. The van der Waals surface area contributed by atoms with Crippen molar-refractivity contribution in [1.82, 2.24) is 5.32 Å². The third-order valence-electron chi connectivity index (χ3n) is 2.89. The molecule has 0 saturated carbocycles. The van der Waals surface area contributed by atoms with Crippen molar-refractivity contribution in [2.24, 2.45) is 5.92 Å². The van der Waals surface area contributed by atoms with E-state index in [1.165, 1.54) is 24.8 Å². The first kappa shape index (κ1) is 13.2. The van der Waals surface area contributed by atoms with E-state index in [9.17, 15) is 0 Å². The predicted molar refractivity (Wildman–Crippen MR) is 71.5 cm³/mol. The molecule has 0 heterocycles. The molecule has 0 aromatic heterocycles. The molecule has 1 unspecified atom stereocenters. The number of benzene rings is 1. The quantitative estimate of drug-likeness (QED) is 0.726. The normalized spacial score (nSPS) is 13.0. The molecule has 0 bridgehead atoms. The van der Waals surface area contributed by atoms with Gasteiger partial charge in [-0.1, -0.05) is 57.5 Å². The van der Waals surface area contributed by atoms with Gasteiger partial charge in [-0.05, 0) is 30.9 Å². The fourth-order valence-electron chi connectivity index (χ4n) is 1.91. The summed E-state index contributed by atoms with van der Waals surface area (Å²) >= 11 is 0. The summed E-state index contributed by atoms with van der Waals surface area (Å²) in [6.07, 6.45) is 3.71. The van der Waals surface area contributed by atoms with Crippen molar-refractivity contribution in [2.75, 3.05) is 6.54 Å². The molecular formula is C15H25N. The summed E-state index contributed by atoms with van der Waals surface area (Å²) in [6, 6.07) is 11.3. The van der Waals surface area contributed by atoms with Crippen LogP contribution in [0.15, 0.2) is 30.3 Å². The molecule has 16 heavy (non-hydrogen) atoms. The lowest BCUT2D eigenvalue weighted by molar-refractivity contribution is 0.456. The second kappa shape index (κ2) is 7.45. The van der Waals surface area contributed by atoms with Gasteiger partial charge in [-0.25, -0.2) is 0 Å². The van der Waals surface area contributed by atoms with Crippen LogP contribution in [0.2, 0.25) is 0 Å². The highest BCUT2D eigenvalue weighted by molar-refractivity contribution is 5.18. The Morgan fingerprint density at radius 3 is 2.31 bits per heavy atom. The minimum atomic E-state index is 0.532. The summed E-state index contributed by atoms with van der Waals surface area (Å²) in [6.45, 7) is 7.93. The second-order valence-corrected chi connectivity index (χ2v) is 4.89. The molecule has 90 valence electrons. The zero-order valence-corrected chi connectivity index (χ0v) is 10.9. The monoisotopic (exact) mass is 219 g/mol. The summed E-state index contributed by atoms with van der Waals surface area (Å²) in [4.78, 5) is 0. The van der Waals surface area contributed by atoms with Crippen LogP contribution in [0, 0.1) is 5.92 Å². The minimum absolute atomic E-state index is 0.532. The molecule has 0 saturated heterocycles. The fraction of sp³-hybridized carbons (Fsp3) is 0.600. The Hall–Kier alpha value is -0.820. The molecule has 1 nitrogen and oxygen atoms in total. The van der Waals surface area contributed by atoms with Gasteiger partial charge in [0.1, 0.15) is 0 Å². The van der Waals surface area contributed by atoms with E-state index in [0.717, 1.165) is 12.5 Å². The zero-order chi connectivity index (χ0) is 11.8. The van der Waals surface area contributed by atoms with Gasteiger partial charge in [-0.2, -0.15) is 0 Å². The minimum Gasteiger partial charge on any atom is -0.310 e. The van der Waals surface area contributed by atoms with Crippen molar-refractivity contribution < 1.29 is 0 Å². The van der Waals surface area contributed by atoms with Crippen molar-refractivity contribution in [2.45, 2.75) is 46.1 Å². The van der Waals surface area contributed by atoms with Crippen LogP contribution in [-0.4, -0.2) is 6.54 Å². The van der Waals surface area contributed by atoms with Gasteiger partial charge in [-0.15, -0.1) is 0 Å². The molecule has 1 aromatic rings. The highest BCUT2D eigenvalue weighted by Crippen LogP contribution is 2.18. The van der Waals surface area contributed by atoms with Gasteiger partial charge in [0.05, 0.1) is 0 Å². The van der Waals surface area contributed by atoms with E-state index in [1.807, 2.05) is 0 Å². The van der Waals surface area contributed by atoms with Crippen LogP contribution in [0.25, 0.3) is 0 Å². The summed E-state index contributed by atoms with van der Waals surface area (Å²) in [5, 5.41) is 3.67. The predicted octanol–water partition coefficient (Wildman–Crippen LogP) is 4.16. The summed E-state index contributed by atoms with van der Waals surface area (Å²) in [5.74, 6) is 0.783. The van der Waals surface area contributed by atoms with Crippen molar-refractivity contribution in [1.29, 1.82) is 0 Å². The Morgan fingerprint density at radius 2 is 1.75 bits per heavy atom. The van der Waals surface area contributed by atoms with Gasteiger partial charge in [-0.3, -0.25) is 0 Å². The highest BCUT2D eigenvalue weighted by Gasteiger charge is 2.08. The molecule has 1 heteroatoms. The standard InChI is InChI=1S/C15H25N/c1-4-8-15(16-12-11-13(2)3)14-9-6-5-7-10-14/h5-7,9-10,13,15-16H,4,8,11-12H2,1-3H3. The van der Waals surface area contributed by atoms with Gasteiger partial charge in [0.25, 0.3) is 0 Å². The van der Waals surface area contributed by atoms with Crippen molar-refractivity contribution in [3.63, 3.8) is 0 Å². The number of nitrogens with one attached hydrogen (secondary N) is 1. The molecule has 1 N–H and O–H groups in total. The van der Waals surface area contributed by atoms with E-state index in [4.69, 9.17) is 0 Å². The van der Waals surface area contributed by atoms with Crippen LogP contribution >= 0.6 is 0 Å². The number of hydrogen-bond donors (Lipinski definition) is 1. The van der Waals surface area contributed by atoms with Crippen LogP contribution in [-0.2, 0) is 0 Å². The van der Waals surface area contributed by atoms with E-state index in [2.05, 4.69) is 56.4 Å². The van der Waals surface area contributed by atoms with Gasteiger partial charge in [0, 0.05) is 6.04 Å². The first-order valence-corrected chi connectivity index (χ1v) is 6.52. The Labute approximate surface area is 100 Å². The maximum absolute atomic E-state index is 3.67. The molecule has 1 rings (SSSR count). The molecular weight excluding hydrogens is 194 g/mol. The van der Waals surface area contributed by atoms with Gasteiger partial charge in [0.15, 0.2) is 0 Å². The molecule has 0 aliphatic rings. The van der Waals surface area contributed by atoms with Crippen molar-refractivity contribution in [3.8, 4) is 0 Å². The number of rotatable bonds is 7. The largest absolute Gasteiger partial charge is 0.310 e. The first-order valence-electron chi connectivity index (χ1n) is 6.52. The highest BCUT2D eigenvalue weighted by atomic mass is 14.9. The average molecular weight is 219 g/mol. The van der Waals surface area contributed by atoms with Crippen molar-refractivity contribution in [3.05, 3.63) is 35.9 Å².